The molecule has 0 aliphatic heterocycles. The number of halogens is 4. The van der Waals surface area contributed by atoms with Gasteiger partial charge in [0.15, 0.2) is 6.61 Å². The van der Waals surface area contributed by atoms with E-state index in [0.29, 0.717) is 5.56 Å². The molecule has 7 heteroatoms. The predicted octanol–water partition coefficient (Wildman–Crippen LogP) is 3.18. The van der Waals surface area contributed by atoms with Crippen molar-refractivity contribution in [2.45, 2.75) is 19.1 Å². The molecule has 1 aromatic rings. The molecule has 0 aliphatic rings. The first-order valence-corrected chi connectivity index (χ1v) is 5.03. The Labute approximate surface area is 101 Å². The molecule has 18 heavy (non-hydrogen) atoms. The van der Waals surface area contributed by atoms with Gasteiger partial charge in [-0.3, -0.25) is 0 Å². The predicted molar refractivity (Wildman–Crippen MR) is 55.4 cm³/mol. The topological polar surface area (TPSA) is 38.3 Å². The quantitative estimate of drug-likeness (QED) is 0.852. The van der Waals surface area contributed by atoms with Gasteiger partial charge in [0.25, 0.3) is 0 Å². The number of hydrogen-bond donors (Lipinski definition) is 1. The largest absolute Gasteiger partial charge is 0.440 e. The van der Waals surface area contributed by atoms with Crippen molar-refractivity contribution in [3.05, 3.63) is 35.6 Å². The van der Waals surface area contributed by atoms with Crippen LogP contribution in [0.1, 0.15) is 18.5 Å². The number of carbonyl (C=O) groups is 1. The normalized spacial score (nSPS) is 12.9. The van der Waals surface area contributed by atoms with E-state index in [0.717, 1.165) is 0 Å². The summed E-state index contributed by atoms with van der Waals surface area (Å²) in [6, 6.07) is 4.64. The van der Waals surface area contributed by atoms with Crippen LogP contribution in [0, 0.1) is 5.82 Å². The van der Waals surface area contributed by atoms with Crippen molar-refractivity contribution in [3.8, 4) is 0 Å². The minimum Gasteiger partial charge on any atom is -0.440 e. The molecule has 0 aliphatic carbocycles. The molecule has 1 atom stereocenters. The molecule has 0 bridgehead atoms. The highest BCUT2D eigenvalue weighted by Crippen LogP contribution is 2.16. The van der Waals surface area contributed by atoms with Crippen LogP contribution in [0.25, 0.3) is 0 Å². The molecular formula is C11H11F4NO2. The van der Waals surface area contributed by atoms with Gasteiger partial charge in [0.1, 0.15) is 5.82 Å². The Hall–Kier alpha value is -1.79. The van der Waals surface area contributed by atoms with Gasteiger partial charge in [0, 0.05) is 0 Å². The molecule has 0 fully saturated rings. The van der Waals surface area contributed by atoms with Crippen LogP contribution in [0.3, 0.4) is 0 Å². The molecule has 0 radical (unpaired) electrons. The molecule has 0 aromatic heterocycles. The van der Waals surface area contributed by atoms with E-state index < -0.39 is 30.7 Å². The van der Waals surface area contributed by atoms with Crippen molar-refractivity contribution in [3.63, 3.8) is 0 Å². The molecule has 1 N–H and O–H groups in total. The first-order chi connectivity index (χ1) is 8.28. The summed E-state index contributed by atoms with van der Waals surface area (Å²) >= 11 is 0. The van der Waals surface area contributed by atoms with Gasteiger partial charge in [-0.1, -0.05) is 12.1 Å². The number of amides is 1. The molecule has 0 saturated carbocycles. The van der Waals surface area contributed by atoms with Crippen molar-refractivity contribution < 1.29 is 27.1 Å². The highest BCUT2D eigenvalue weighted by atomic mass is 19.4. The summed E-state index contributed by atoms with van der Waals surface area (Å²) in [5.41, 5.74) is 0.556. The first kappa shape index (κ1) is 14.3. The third kappa shape index (κ3) is 5.03. The van der Waals surface area contributed by atoms with Gasteiger partial charge >= 0.3 is 12.3 Å². The van der Waals surface area contributed by atoms with Crippen LogP contribution in [-0.2, 0) is 4.74 Å². The minimum atomic E-state index is -4.56. The number of rotatable bonds is 3. The second-order valence-electron chi connectivity index (χ2n) is 3.61. The standard InChI is InChI=1S/C11H11F4NO2/c1-7(8-2-4-9(12)5-3-8)16-10(17)18-6-11(13,14)15/h2-5,7H,6H2,1H3,(H,16,17). The summed E-state index contributed by atoms with van der Waals surface area (Å²) in [4.78, 5) is 11.0. The smallest absolute Gasteiger partial charge is 0.422 e. The summed E-state index contributed by atoms with van der Waals surface area (Å²) in [7, 11) is 0. The highest BCUT2D eigenvalue weighted by Gasteiger charge is 2.29. The van der Waals surface area contributed by atoms with E-state index in [9.17, 15) is 22.4 Å². The fourth-order valence-corrected chi connectivity index (χ4v) is 1.20. The lowest BCUT2D eigenvalue weighted by molar-refractivity contribution is -0.160. The van der Waals surface area contributed by atoms with Crippen LogP contribution in [0.2, 0.25) is 0 Å². The van der Waals surface area contributed by atoms with Crippen molar-refractivity contribution in [2.75, 3.05) is 6.61 Å². The fraction of sp³-hybridized carbons (Fsp3) is 0.364. The number of alkyl carbamates (subject to hydrolysis) is 1. The fourth-order valence-electron chi connectivity index (χ4n) is 1.20. The number of nitrogens with one attached hydrogen (secondary N) is 1. The van der Waals surface area contributed by atoms with Gasteiger partial charge in [-0.2, -0.15) is 13.2 Å². The Morgan fingerprint density at radius 1 is 1.33 bits per heavy atom. The Morgan fingerprint density at radius 3 is 2.39 bits per heavy atom. The number of hydrogen-bond acceptors (Lipinski definition) is 2. The number of alkyl halides is 3. The van der Waals surface area contributed by atoms with Crippen LogP contribution < -0.4 is 5.32 Å². The molecule has 1 aromatic carbocycles. The lowest BCUT2D eigenvalue weighted by Crippen LogP contribution is -2.30. The third-order valence-corrected chi connectivity index (χ3v) is 2.07. The van der Waals surface area contributed by atoms with Gasteiger partial charge < -0.3 is 10.1 Å². The maximum absolute atomic E-state index is 12.6. The number of ether oxygens (including phenoxy) is 1. The van der Waals surface area contributed by atoms with E-state index in [1.165, 1.54) is 24.3 Å². The minimum absolute atomic E-state index is 0.439. The SMILES string of the molecule is CC(NC(=O)OCC(F)(F)F)c1ccc(F)cc1. The molecule has 0 spiro atoms. The van der Waals surface area contributed by atoms with Crippen LogP contribution in [0.4, 0.5) is 22.4 Å². The van der Waals surface area contributed by atoms with Gasteiger partial charge in [0.2, 0.25) is 0 Å². The van der Waals surface area contributed by atoms with E-state index in [2.05, 4.69) is 10.1 Å². The van der Waals surface area contributed by atoms with Crippen molar-refractivity contribution >= 4 is 6.09 Å². The monoisotopic (exact) mass is 265 g/mol. The van der Waals surface area contributed by atoms with E-state index in [1.54, 1.807) is 6.92 Å². The van der Waals surface area contributed by atoms with Crippen LogP contribution in [0.15, 0.2) is 24.3 Å². The second kappa shape index (κ2) is 5.70. The Morgan fingerprint density at radius 2 is 1.89 bits per heavy atom. The summed E-state index contributed by atoms with van der Waals surface area (Å²) in [6.45, 7) is -0.100. The zero-order valence-electron chi connectivity index (χ0n) is 9.42. The summed E-state index contributed by atoms with van der Waals surface area (Å²) in [6.07, 6.45) is -5.74. The summed E-state index contributed by atoms with van der Waals surface area (Å²) < 4.78 is 51.9. The zero-order chi connectivity index (χ0) is 13.8. The van der Waals surface area contributed by atoms with E-state index in [4.69, 9.17) is 0 Å². The van der Waals surface area contributed by atoms with Gasteiger partial charge in [0.05, 0.1) is 6.04 Å². The second-order valence-corrected chi connectivity index (χ2v) is 3.61. The average Bonchev–Trinajstić information content (AvgIpc) is 2.26. The van der Waals surface area contributed by atoms with Crippen molar-refractivity contribution in [2.24, 2.45) is 0 Å². The summed E-state index contributed by atoms with van der Waals surface area (Å²) in [5, 5.41) is 2.20. The summed E-state index contributed by atoms with van der Waals surface area (Å²) in [5.74, 6) is -0.439. The van der Waals surface area contributed by atoms with E-state index in [1.807, 2.05) is 0 Å². The molecule has 1 amide bonds. The number of benzene rings is 1. The Balaban J connectivity index is 2.47. The van der Waals surface area contributed by atoms with Gasteiger partial charge in [-0.15, -0.1) is 0 Å². The maximum atomic E-state index is 12.6. The van der Waals surface area contributed by atoms with E-state index >= 15 is 0 Å². The van der Waals surface area contributed by atoms with E-state index in [-0.39, 0.29) is 0 Å². The van der Waals surface area contributed by atoms with Crippen LogP contribution in [0.5, 0.6) is 0 Å². The van der Waals surface area contributed by atoms with Gasteiger partial charge in [-0.05, 0) is 24.6 Å². The molecule has 100 valence electrons. The van der Waals surface area contributed by atoms with Gasteiger partial charge in [-0.25, -0.2) is 9.18 Å². The molecule has 0 saturated heterocycles. The molecule has 3 nitrogen and oxygen atoms in total. The first-order valence-electron chi connectivity index (χ1n) is 5.03. The van der Waals surface area contributed by atoms with Crippen LogP contribution in [-0.4, -0.2) is 18.9 Å². The molecular weight excluding hydrogens is 254 g/mol. The van der Waals surface area contributed by atoms with Crippen LogP contribution >= 0.6 is 0 Å². The Bertz CT molecular complexity index is 402. The Kier molecular flexibility index (Phi) is 4.52. The molecule has 0 heterocycles. The lowest BCUT2D eigenvalue weighted by Gasteiger charge is -2.15. The zero-order valence-corrected chi connectivity index (χ0v) is 9.42. The highest BCUT2D eigenvalue weighted by molar-refractivity contribution is 5.67. The molecule has 1 rings (SSSR count). The lowest BCUT2D eigenvalue weighted by atomic mass is 10.1. The van der Waals surface area contributed by atoms with Crippen molar-refractivity contribution in [1.82, 2.24) is 5.32 Å². The number of carbonyl (C=O) groups excluding carboxylic acids is 1. The maximum Gasteiger partial charge on any atom is 0.422 e. The third-order valence-electron chi connectivity index (χ3n) is 2.07. The molecule has 1 unspecified atom stereocenters. The average molecular weight is 265 g/mol. The van der Waals surface area contributed by atoms with Crippen molar-refractivity contribution in [1.29, 1.82) is 0 Å².